The molecule has 0 amide bonds. The van der Waals surface area contributed by atoms with Crippen LogP contribution in [-0.2, 0) is 13.6 Å². The molecule has 0 spiro atoms. The van der Waals surface area contributed by atoms with Crippen LogP contribution in [0.3, 0.4) is 0 Å². The Balaban J connectivity index is 2.91. The molecule has 2 aromatic rings. The van der Waals surface area contributed by atoms with Crippen LogP contribution in [0.5, 0.6) is 5.75 Å². The van der Waals surface area contributed by atoms with Crippen molar-refractivity contribution in [3.63, 3.8) is 0 Å². The lowest BCUT2D eigenvalue weighted by molar-refractivity contribution is 0.478. The van der Waals surface area contributed by atoms with Crippen molar-refractivity contribution in [1.82, 2.24) is 4.57 Å². The van der Waals surface area contributed by atoms with E-state index in [0.29, 0.717) is 11.0 Å². The predicted molar refractivity (Wildman–Crippen MR) is 60.2 cm³/mol. The average Bonchev–Trinajstić information content (AvgIpc) is 2.50. The van der Waals surface area contributed by atoms with Gasteiger partial charge in [-0.1, -0.05) is 0 Å². The Labute approximate surface area is 90.3 Å². The van der Waals surface area contributed by atoms with Crippen molar-refractivity contribution in [2.24, 2.45) is 12.8 Å². The molecule has 0 atom stereocenters. The zero-order valence-electron chi connectivity index (χ0n) is 7.79. The number of nitrogens with zero attached hydrogens (tertiary/aromatic N) is 1. The predicted octanol–water partition coefficient (Wildman–Crippen LogP) is 2.11. The monoisotopic (exact) mass is 254 g/mol. The Kier molecular flexibility index (Phi) is 2.25. The fourth-order valence-electron chi connectivity index (χ4n) is 1.69. The second-order valence-corrected chi connectivity index (χ2v) is 4.11. The van der Waals surface area contributed by atoms with Crippen LogP contribution in [0.15, 0.2) is 22.8 Å². The van der Waals surface area contributed by atoms with Crippen molar-refractivity contribution in [2.45, 2.75) is 6.54 Å². The van der Waals surface area contributed by atoms with Crippen LogP contribution in [0.1, 0.15) is 5.56 Å². The van der Waals surface area contributed by atoms with E-state index < -0.39 is 0 Å². The first-order valence-corrected chi connectivity index (χ1v) is 5.10. The number of halogens is 1. The van der Waals surface area contributed by atoms with Crippen LogP contribution < -0.4 is 5.73 Å². The summed E-state index contributed by atoms with van der Waals surface area (Å²) >= 11 is 3.29. The number of hydrogen-bond donors (Lipinski definition) is 2. The standard InChI is InChI=1S/C10H11BrN2O/c1-13-5-6(4-12)9-8(13)3-2-7(11)10(9)14/h2-3,5,14H,4,12H2,1H3. The van der Waals surface area contributed by atoms with E-state index in [1.165, 1.54) is 0 Å². The van der Waals surface area contributed by atoms with Gasteiger partial charge in [-0.2, -0.15) is 0 Å². The minimum absolute atomic E-state index is 0.267. The molecule has 0 saturated heterocycles. The van der Waals surface area contributed by atoms with E-state index in [9.17, 15) is 5.11 Å². The largest absolute Gasteiger partial charge is 0.506 e. The van der Waals surface area contributed by atoms with E-state index in [-0.39, 0.29) is 5.75 Å². The number of rotatable bonds is 1. The first-order valence-electron chi connectivity index (χ1n) is 4.30. The second kappa shape index (κ2) is 3.29. The number of phenols is 1. The molecule has 0 radical (unpaired) electrons. The Morgan fingerprint density at radius 1 is 1.50 bits per heavy atom. The van der Waals surface area contributed by atoms with Gasteiger partial charge in [0.1, 0.15) is 5.75 Å². The lowest BCUT2D eigenvalue weighted by atomic mass is 10.1. The molecule has 74 valence electrons. The Morgan fingerprint density at radius 3 is 2.86 bits per heavy atom. The van der Waals surface area contributed by atoms with Gasteiger partial charge in [0.05, 0.1) is 9.99 Å². The maximum absolute atomic E-state index is 9.87. The molecule has 1 heterocycles. The molecule has 0 bridgehead atoms. The fourth-order valence-corrected chi connectivity index (χ4v) is 2.02. The molecule has 1 aromatic heterocycles. The van der Waals surface area contributed by atoms with Gasteiger partial charge >= 0.3 is 0 Å². The SMILES string of the molecule is Cn1cc(CN)c2c(O)c(Br)ccc21. The zero-order chi connectivity index (χ0) is 10.3. The van der Waals surface area contributed by atoms with Crippen molar-refractivity contribution in [2.75, 3.05) is 0 Å². The Morgan fingerprint density at radius 2 is 2.21 bits per heavy atom. The molecule has 4 heteroatoms. The van der Waals surface area contributed by atoms with Gasteiger partial charge in [0, 0.05) is 25.2 Å². The van der Waals surface area contributed by atoms with Crippen LogP contribution in [0.25, 0.3) is 10.9 Å². The molecule has 0 fully saturated rings. The van der Waals surface area contributed by atoms with Crippen LogP contribution in [-0.4, -0.2) is 9.67 Å². The topological polar surface area (TPSA) is 51.2 Å². The summed E-state index contributed by atoms with van der Waals surface area (Å²) < 4.78 is 2.66. The summed E-state index contributed by atoms with van der Waals surface area (Å²) in [6.45, 7) is 0.432. The summed E-state index contributed by atoms with van der Waals surface area (Å²) in [7, 11) is 1.94. The number of nitrogens with two attached hydrogens (primary N) is 1. The molecule has 3 nitrogen and oxygen atoms in total. The van der Waals surface area contributed by atoms with Crippen molar-refractivity contribution < 1.29 is 5.11 Å². The molecule has 0 aliphatic heterocycles. The number of hydrogen-bond acceptors (Lipinski definition) is 2. The van der Waals surface area contributed by atoms with Gasteiger partial charge in [0.15, 0.2) is 0 Å². The summed E-state index contributed by atoms with van der Waals surface area (Å²) in [5, 5.41) is 10.7. The molecule has 2 rings (SSSR count). The average molecular weight is 255 g/mol. The third kappa shape index (κ3) is 1.22. The first kappa shape index (κ1) is 9.55. The molecule has 0 aliphatic rings. The fraction of sp³-hybridized carbons (Fsp3) is 0.200. The number of fused-ring (bicyclic) bond motifs is 1. The van der Waals surface area contributed by atoms with E-state index in [2.05, 4.69) is 15.9 Å². The highest BCUT2D eigenvalue weighted by molar-refractivity contribution is 9.10. The summed E-state index contributed by atoms with van der Waals surface area (Å²) in [6.07, 6.45) is 1.94. The van der Waals surface area contributed by atoms with E-state index in [0.717, 1.165) is 16.5 Å². The highest BCUT2D eigenvalue weighted by Crippen LogP contribution is 2.35. The minimum atomic E-state index is 0.267. The van der Waals surface area contributed by atoms with Crippen LogP contribution >= 0.6 is 15.9 Å². The maximum atomic E-state index is 9.87. The normalized spacial score (nSPS) is 11.1. The van der Waals surface area contributed by atoms with Crippen LogP contribution in [0, 0.1) is 0 Å². The van der Waals surface area contributed by atoms with Crippen molar-refractivity contribution in [3.05, 3.63) is 28.4 Å². The van der Waals surface area contributed by atoms with Crippen LogP contribution in [0.4, 0.5) is 0 Å². The number of aryl methyl sites for hydroxylation is 1. The lowest BCUT2D eigenvalue weighted by Crippen LogP contribution is -1.94. The molecule has 3 N–H and O–H groups in total. The third-order valence-electron chi connectivity index (χ3n) is 2.38. The van der Waals surface area contributed by atoms with Gasteiger partial charge in [-0.15, -0.1) is 0 Å². The number of phenolic OH excluding ortho intramolecular Hbond substituents is 1. The van der Waals surface area contributed by atoms with Gasteiger partial charge in [-0.3, -0.25) is 0 Å². The van der Waals surface area contributed by atoms with Gasteiger partial charge in [-0.05, 0) is 33.6 Å². The smallest absolute Gasteiger partial charge is 0.139 e. The van der Waals surface area contributed by atoms with Crippen molar-refractivity contribution in [3.8, 4) is 5.75 Å². The van der Waals surface area contributed by atoms with Crippen LogP contribution in [0.2, 0.25) is 0 Å². The molecule has 14 heavy (non-hydrogen) atoms. The summed E-state index contributed by atoms with van der Waals surface area (Å²) in [5.74, 6) is 0.267. The van der Waals surface area contributed by atoms with Gasteiger partial charge < -0.3 is 15.4 Å². The van der Waals surface area contributed by atoms with E-state index in [4.69, 9.17) is 5.73 Å². The van der Waals surface area contributed by atoms with Gasteiger partial charge in [0.2, 0.25) is 0 Å². The van der Waals surface area contributed by atoms with E-state index in [1.54, 1.807) is 0 Å². The Hall–Kier alpha value is -1.000. The van der Waals surface area contributed by atoms with E-state index >= 15 is 0 Å². The number of benzene rings is 1. The first-order chi connectivity index (χ1) is 6.65. The number of aromatic hydroxyl groups is 1. The molecule has 0 saturated carbocycles. The second-order valence-electron chi connectivity index (χ2n) is 3.26. The van der Waals surface area contributed by atoms with Gasteiger partial charge in [0.25, 0.3) is 0 Å². The highest BCUT2D eigenvalue weighted by atomic mass is 79.9. The Bertz CT molecular complexity index is 490. The molecule has 0 unspecified atom stereocenters. The summed E-state index contributed by atoms with van der Waals surface area (Å²) in [5.41, 5.74) is 7.56. The molecular weight excluding hydrogens is 244 g/mol. The van der Waals surface area contributed by atoms with Crippen molar-refractivity contribution in [1.29, 1.82) is 0 Å². The van der Waals surface area contributed by atoms with Gasteiger partial charge in [-0.25, -0.2) is 0 Å². The summed E-state index contributed by atoms with van der Waals surface area (Å²) in [6, 6.07) is 3.79. The maximum Gasteiger partial charge on any atom is 0.139 e. The molecule has 1 aromatic carbocycles. The summed E-state index contributed by atoms with van der Waals surface area (Å²) in [4.78, 5) is 0. The number of aromatic nitrogens is 1. The van der Waals surface area contributed by atoms with Crippen molar-refractivity contribution >= 4 is 26.8 Å². The lowest BCUT2D eigenvalue weighted by Gasteiger charge is -2.01. The van der Waals surface area contributed by atoms with E-state index in [1.807, 2.05) is 29.9 Å². The molecular formula is C10H11BrN2O. The quantitative estimate of drug-likeness (QED) is 0.819. The minimum Gasteiger partial charge on any atom is -0.506 e. The molecule has 0 aliphatic carbocycles. The highest BCUT2D eigenvalue weighted by Gasteiger charge is 2.11. The third-order valence-corrected chi connectivity index (χ3v) is 3.02. The zero-order valence-corrected chi connectivity index (χ0v) is 9.37.